The molecule has 5 heteroatoms. The zero-order valence-electron chi connectivity index (χ0n) is 15.7. The molecule has 0 bridgehead atoms. The number of benzene rings is 1. The summed E-state index contributed by atoms with van der Waals surface area (Å²) >= 11 is 0. The second-order valence-electron chi connectivity index (χ2n) is 6.79. The van der Waals surface area contributed by atoms with Gasteiger partial charge in [0, 0.05) is 17.8 Å². The summed E-state index contributed by atoms with van der Waals surface area (Å²) in [6, 6.07) is 9.85. The van der Waals surface area contributed by atoms with Gasteiger partial charge < -0.3 is 18.8 Å². The molecular formula is C21H25NO4. The molecule has 2 heterocycles. The van der Waals surface area contributed by atoms with E-state index in [1.165, 1.54) is 7.11 Å². The molecule has 138 valence electrons. The van der Waals surface area contributed by atoms with Crippen LogP contribution < -0.4 is 0 Å². The molecule has 26 heavy (non-hydrogen) atoms. The summed E-state index contributed by atoms with van der Waals surface area (Å²) < 4.78 is 19.0. The van der Waals surface area contributed by atoms with Crippen molar-refractivity contribution >= 4 is 5.97 Å². The fourth-order valence-electron chi connectivity index (χ4n) is 3.55. The van der Waals surface area contributed by atoms with Crippen LogP contribution in [-0.4, -0.2) is 30.0 Å². The van der Waals surface area contributed by atoms with Crippen molar-refractivity contribution < 1.29 is 19.0 Å². The number of aromatic nitrogens is 1. The summed E-state index contributed by atoms with van der Waals surface area (Å²) in [5.41, 5.74) is 4.11. The summed E-state index contributed by atoms with van der Waals surface area (Å²) in [7, 11) is 1.40. The Morgan fingerprint density at radius 2 is 2.08 bits per heavy atom. The van der Waals surface area contributed by atoms with Crippen LogP contribution in [0.15, 0.2) is 43.0 Å². The van der Waals surface area contributed by atoms with E-state index < -0.39 is 5.79 Å². The van der Waals surface area contributed by atoms with Gasteiger partial charge >= 0.3 is 5.97 Å². The van der Waals surface area contributed by atoms with Gasteiger partial charge in [0.25, 0.3) is 0 Å². The van der Waals surface area contributed by atoms with Crippen molar-refractivity contribution in [1.82, 2.24) is 4.57 Å². The van der Waals surface area contributed by atoms with E-state index >= 15 is 0 Å². The normalized spacial score (nSPS) is 18.7. The van der Waals surface area contributed by atoms with Crippen LogP contribution in [-0.2, 0) is 20.8 Å². The van der Waals surface area contributed by atoms with Crippen LogP contribution in [0.4, 0.5) is 0 Å². The van der Waals surface area contributed by atoms with Gasteiger partial charge in [-0.15, -0.1) is 6.58 Å². The molecule has 1 aromatic heterocycles. The third kappa shape index (κ3) is 3.20. The summed E-state index contributed by atoms with van der Waals surface area (Å²) in [5.74, 6) is -1.07. The maximum atomic E-state index is 12.8. The lowest BCUT2D eigenvalue weighted by Gasteiger charge is -2.19. The summed E-state index contributed by atoms with van der Waals surface area (Å²) in [6.07, 6.45) is 1.46. The van der Waals surface area contributed by atoms with Gasteiger partial charge in [0.1, 0.15) is 6.10 Å². The molecule has 3 rings (SSSR count). The number of rotatable bonds is 5. The number of hydrogen-bond acceptors (Lipinski definition) is 4. The SMILES string of the molecule is C=CCn1c(C)c(-c2ccccc2)c(C(=O)OC)c1[C@H]1COC(C)(C)O1. The third-order valence-electron chi connectivity index (χ3n) is 4.64. The standard InChI is InChI=1S/C21H25NO4/c1-6-12-22-14(2)17(15-10-8-7-9-11-15)18(20(23)24-5)19(22)16-13-25-21(3,4)26-16/h6-11,16H,1,12-13H2,2-5H3/t16-/m1/s1. The van der Waals surface area contributed by atoms with Gasteiger partial charge in [0.15, 0.2) is 5.79 Å². The zero-order chi connectivity index (χ0) is 18.9. The van der Waals surface area contributed by atoms with E-state index in [0.717, 1.165) is 22.5 Å². The maximum Gasteiger partial charge on any atom is 0.340 e. The number of allylic oxidation sites excluding steroid dienone is 1. The minimum Gasteiger partial charge on any atom is -0.465 e. The Balaban J connectivity index is 2.27. The number of nitrogens with zero attached hydrogens (tertiary/aromatic N) is 1. The van der Waals surface area contributed by atoms with Gasteiger partial charge in [-0.05, 0) is 26.3 Å². The first-order valence-corrected chi connectivity index (χ1v) is 8.69. The highest BCUT2D eigenvalue weighted by molar-refractivity contribution is 6.00. The Hall–Kier alpha value is -2.37. The monoisotopic (exact) mass is 355 g/mol. The number of carbonyl (C=O) groups is 1. The van der Waals surface area contributed by atoms with Crippen LogP contribution in [0.2, 0.25) is 0 Å². The summed E-state index contributed by atoms with van der Waals surface area (Å²) in [6.45, 7) is 10.6. The van der Waals surface area contributed by atoms with Crippen LogP contribution in [0.1, 0.15) is 41.7 Å². The molecule has 0 spiro atoms. The number of carbonyl (C=O) groups excluding carboxylic acids is 1. The van der Waals surface area contributed by atoms with Crippen molar-refractivity contribution in [3.63, 3.8) is 0 Å². The Kier molecular flexibility index (Phi) is 5.03. The minimum atomic E-state index is -0.692. The highest BCUT2D eigenvalue weighted by Gasteiger charge is 2.39. The molecule has 1 saturated heterocycles. The predicted molar refractivity (Wildman–Crippen MR) is 100.0 cm³/mol. The first-order chi connectivity index (χ1) is 12.4. The van der Waals surface area contributed by atoms with Gasteiger partial charge in [0.2, 0.25) is 0 Å². The zero-order valence-corrected chi connectivity index (χ0v) is 15.7. The van der Waals surface area contributed by atoms with E-state index in [1.54, 1.807) is 0 Å². The van der Waals surface area contributed by atoms with E-state index in [9.17, 15) is 4.79 Å². The highest BCUT2D eigenvalue weighted by Crippen LogP contribution is 2.41. The lowest BCUT2D eigenvalue weighted by atomic mass is 9.99. The van der Waals surface area contributed by atoms with Crippen molar-refractivity contribution in [2.24, 2.45) is 0 Å². The molecule has 0 saturated carbocycles. The molecule has 0 radical (unpaired) electrons. The Morgan fingerprint density at radius 3 is 2.62 bits per heavy atom. The van der Waals surface area contributed by atoms with Crippen molar-refractivity contribution in [3.8, 4) is 11.1 Å². The first-order valence-electron chi connectivity index (χ1n) is 8.69. The summed E-state index contributed by atoms with van der Waals surface area (Å²) in [5, 5.41) is 0. The van der Waals surface area contributed by atoms with Gasteiger partial charge in [-0.1, -0.05) is 36.4 Å². The van der Waals surface area contributed by atoms with Crippen LogP contribution in [0.5, 0.6) is 0 Å². The predicted octanol–water partition coefficient (Wildman–Crippen LogP) is 4.26. The van der Waals surface area contributed by atoms with E-state index in [2.05, 4.69) is 11.1 Å². The van der Waals surface area contributed by atoms with Gasteiger partial charge in [-0.2, -0.15) is 0 Å². The second-order valence-corrected chi connectivity index (χ2v) is 6.79. The van der Waals surface area contributed by atoms with E-state index in [1.807, 2.05) is 57.2 Å². The molecule has 0 aliphatic carbocycles. The topological polar surface area (TPSA) is 49.7 Å². The van der Waals surface area contributed by atoms with Crippen molar-refractivity contribution in [2.75, 3.05) is 13.7 Å². The quantitative estimate of drug-likeness (QED) is 0.594. The van der Waals surface area contributed by atoms with Crippen molar-refractivity contribution in [1.29, 1.82) is 0 Å². The number of hydrogen-bond donors (Lipinski definition) is 0. The molecule has 1 aliphatic heterocycles. The van der Waals surface area contributed by atoms with Gasteiger partial charge in [0.05, 0.1) is 25.0 Å². The van der Waals surface area contributed by atoms with Gasteiger partial charge in [-0.25, -0.2) is 4.79 Å². The van der Waals surface area contributed by atoms with Crippen molar-refractivity contribution in [2.45, 2.75) is 39.2 Å². The molecule has 0 amide bonds. The molecule has 1 aliphatic rings. The third-order valence-corrected chi connectivity index (χ3v) is 4.64. The molecule has 1 aromatic carbocycles. The lowest BCUT2D eigenvalue weighted by molar-refractivity contribution is -0.139. The highest BCUT2D eigenvalue weighted by atomic mass is 16.7. The van der Waals surface area contributed by atoms with Crippen LogP contribution in [0.3, 0.4) is 0 Å². The van der Waals surface area contributed by atoms with Crippen LogP contribution in [0.25, 0.3) is 11.1 Å². The Bertz CT molecular complexity index is 820. The first kappa shape index (κ1) is 18.4. The molecule has 0 N–H and O–H groups in total. The average molecular weight is 355 g/mol. The molecular weight excluding hydrogens is 330 g/mol. The largest absolute Gasteiger partial charge is 0.465 e. The number of methoxy groups -OCH3 is 1. The Morgan fingerprint density at radius 1 is 1.38 bits per heavy atom. The molecule has 1 fully saturated rings. The molecule has 0 unspecified atom stereocenters. The summed E-state index contributed by atoms with van der Waals surface area (Å²) in [4.78, 5) is 12.8. The number of esters is 1. The lowest BCUT2D eigenvalue weighted by Crippen LogP contribution is -2.21. The van der Waals surface area contributed by atoms with Crippen LogP contribution >= 0.6 is 0 Å². The Labute approximate surface area is 154 Å². The molecule has 2 aromatic rings. The van der Waals surface area contributed by atoms with Crippen molar-refractivity contribution in [3.05, 3.63) is 59.9 Å². The number of ether oxygens (including phenoxy) is 3. The minimum absolute atomic E-state index is 0.352. The fraction of sp³-hybridized carbons (Fsp3) is 0.381. The van der Waals surface area contributed by atoms with E-state index in [4.69, 9.17) is 14.2 Å². The average Bonchev–Trinajstić information content (AvgIpc) is 3.12. The molecule has 5 nitrogen and oxygen atoms in total. The molecule has 1 atom stereocenters. The smallest absolute Gasteiger partial charge is 0.340 e. The fourth-order valence-corrected chi connectivity index (χ4v) is 3.55. The van der Waals surface area contributed by atoms with Gasteiger partial charge in [-0.3, -0.25) is 0 Å². The van der Waals surface area contributed by atoms with E-state index in [-0.39, 0.29) is 12.1 Å². The van der Waals surface area contributed by atoms with Crippen LogP contribution in [0, 0.1) is 6.92 Å². The maximum absolute atomic E-state index is 12.8. The second kappa shape index (κ2) is 7.09. The van der Waals surface area contributed by atoms with E-state index in [0.29, 0.717) is 18.7 Å².